The van der Waals surface area contributed by atoms with E-state index in [0.29, 0.717) is 29.0 Å². The summed E-state index contributed by atoms with van der Waals surface area (Å²) in [7, 11) is -3.46. The van der Waals surface area contributed by atoms with Crippen molar-refractivity contribution in [3.8, 4) is 0 Å². The Labute approximate surface area is 124 Å². The van der Waals surface area contributed by atoms with Crippen LogP contribution in [0.3, 0.4) is 0 Å². The maximum atomic E-state index is 12.7. The van der Waals surface area contributed by atoms with Crippen LogP contribution in [0.4, 0.5) is 0 Å². The van der Waals surface area contributed by atoms with E-state index in [1.165, 1.54) is 4.31 Å². The molecule has 0 fully saturated rings. The lowest BCUT2D eigenvalue weighted by atomic mass is 10.2. The van der Waals surface area contributed by atoms with Crippen LogP contribution >= 0.6 is 15.9 Å². The number of halogens is 1. The van der Waals surface area contributed by atoms with Gasteiger partial charge in [-0.05, 0) is 46.5 Å². The Bertz CT molecular complexity index is 511. The molecule has 1 aromatic carbocycles. The fourth-order valence-electron chi connectivity index (χ4n) is 1.86. The van der Waals surface area contributed by atoms with Crippen LogP contribution in [0.2, 0.25) is 0 Å². The first-order chi connectivity index (χ1) is 8.97. The molecule has 0 aliphatic heterocycles. The van der Waals surface area contributed by atoms with Gasteiger partial charge in [0.2, 0.25) is 10.0 Å². The Morgan fingerprint density at radius 3 is 2.26 bits per heavy atom. The monoisotopic (exact) mass is 348 g/mol. The van der Waals surface area contributed by atoms with Gasteiger partial charge in [0.25, 0.3) is 0 Å². The van der Waals surface area contributed by atoms with Gasteiger partial charge in [0.1, 0.15) is 0 Å². The molecular weight excluding hydrogens is 328 g/mol. The summed E-state index contributed by atoms with van der Waals surface area (Å²) in [5.74, 6) is 0. The van der Waals surface area contributed by atoms with Gasteiger partial charge in [-0.3, -0.25) is 0 Å². The van der Waals surface area contributed by atoms with Crippen LogP contribution in [-0.4, -0.2) is 25.8 Å². The molecule has 0 amide bonds. The first-order valence-electron chi connectivity index (χ1n) is 6.46. The van der Waals surface area contributed by atoms with Crippen LogP contribution in [-0.2, 0) is 16.6 Å². The van der Waals surface area contributed by atoms with Gasteiger partial charge in [-0.2, -0.15) is 4.31 Å². The predicted molar refractivity (Wildman–Crippen MR) is 81.4 cm³/mol. The Kier molecular flexibility index (Phi) is 6.46. The molecule has 0 aliphatic carbocycles. The van der Waals surface area contributed by atoms with Gasteiger partial charge >= 0.3 is 0 Å². The van der Waals surface area contributed by atoms with Crippen molar-refractivity contribution < 1.29 is 8.42 Å². The molecule has 0 aromatic heterocycles. The third-order valence-electron chi connectivity index (χ3n) is 2.80. The summed E-state index contributed by atoms with van der Waals surface area (Å²) in [6.45, 7) is 5.36. The molecule has 0 atom stereocenters. The number of sulfonamides is 1. The molecule has 19 heavy (non-hydrogen) atoms. The van der Waals surface area contributed by atoms with Gasteiger partial charge in [-0.25, -0.2) is 8.42 Å². The van der Waals surface area contributed by atoms with Gasteiger partial charge in [-0.1, -0.05) is 19.9 Å². The predicted octanol–water partition coefficient (Wildman–Crippen LogP) is 2.72. The van der Waals surface area contributed by atoms with Gasteiger partial charge in [0, 0.05) is 24.1 Å². The number of benzene rings is 1. The van der Waals surface area contributed by atoms with E-state index in [-0.39, 0.29) is 0 Å². The normalized spacial score (nSPS) is 12.1. The number of rotatable bonds is 7. The van der Waals surface area contributed by atoms with Crippen molar-refractivity contribution in [1.29, 1.82) is 0 Å². The largest absolute Gasteiger partial charge is 0.326 e. The second-order valence-electron chi connectivity index (χ2n) is 4.37. The Morgan fingerprint density at radius 1 is 1.21 bits per heavy atom. The molecule has 0 spiro atoms. The summed E-state index contributed by atoms with van der Waals surface area (Å²) in [6, 6.07) is 5.22. The molecule has 0 bridgehead atoms. The van der Waals surface area contributed by atoms with Crippen molar-refractivity contribution in [3.05, 3.63) is 28.2 Å². The Balaban J connectivity index is 3.23. The van der Waals surface area contributed by atoms with Crippen molar-refractivity contribution in [2.24, 2.45) is 5.73 Å². The molecule has 1 rings (SSSR count). The third kappa shape index (κ3) is 4.02. The second-order valence-corrected chi connectivity index (χ2v) is 7.13. The second kappa shape index (κ2) is 7.38. The molecule has 0 radical (unpaired) electrons. The van der Waals surface area contributed by atoms with Gasteiger partial charge in [0.05, 0.1) is 4.90 Å². The molecule has 0 heterocycles. The van der Waals surface area contributed by atoms with Crippen molar-refractivity contribution >= 4 is 26.0 Å². The maximum absolute atomic E-state index is 12.7. The van der Waals surface area contributed by atoms with Crippen LogP contribution in [0.5, 0.6) is 0 Å². The third-order valence-corrected chi connectivity index (χ3v) is 5.69. The Morgan fingerprint density at radius 2 is 1.79 bits per heavy atom. The van der Waals surface area contributed by atoms with Crippen molar-refractivity contribution in [2.75, 3.05) is 13.1 Å². The summed E-state index contributed by atoms with van der Waals surface area (Å²) < 4.78 is 27.4. The van der Waals surface area contributed by atoms with E-state index in [0.717, 1.165) is 18.4 Å². The van der Waals surface area contributed by atoms with E-state index in [4.69, 9.17) is 5.73 Å². The minimum Gasteiger partial charge on any atom is -0.326 e. The van der Waals surface area contributed by atoms with E-state index < -0.39 is 10.0 Å². The topological polar surface area (TPSA) is 63.4 Å². The fraction of sp³-hybridized carbons (Fsp3) is 0.538. The number of hydrogen-bond donors (Lipinski definition) is 1. The van der Waals surface area contributed by atoms with Gasteiger partial charge in [-0.15, -0.1) is 0 Å². The zero-order chi connectivity index (χ0) is 14.5. The highest BCUT2D eigenvalue weighted by molar-refractivity contribution is 9.10. The average molecular weight is 349 g/mol. The van der Waals surface area contributed by atoms with Crippen molar-refractivity contribution in [3.63, 3.8) is 0 Å². The van der Waals surface area contributed by atoms with Crippen LogP contribution in [0, 0.1) is 0 Å². The molecule has 4 nitrogen and oxygen atoms in total. The smallest absolute Gasteiger partial charge is 0.244 e. The lowest BCUT2D eigenvalue weighted by Gasteiger charge is -2.22. The highest BCUT2D eigenvalue weighted by Crippen LogP contribution is 2.26. The maximum Gasteiger partial charge on any atom is 0.244 e. The summed E-state index contributed by atoms with van der Waals surface area (Å²) >= 11 is 3.32. The van der Waals surface area contributed by atoms with Crippen LogP contribution < -0.4 is 5.73 Å². The van der Waals surface area contributed by atoms with Crippen molar-refractivity contribution in [2.45, 2.75) is 38.1 Å². The summed E-state index contributed by atoms with van der Waals surface area (Å²) in [6.07, 6.45) is 1.60. The number of nitrogens with two attached hydrogens (primary N) is 1. The lowest BCUT2D eigenvalue weighted by molar-refractivity contribution is 0.409. The quantitative estimate of drug-likeness (QED) is 0.823. The average Bonchev–Trinajstić information content (AvgIpc) is 2.39. The zero-order valence-corrected chi connectivity index (χ0v) is 13.8. The molecule has 0 unspecified atom stereocenters. The van der Waals surface area contributed by atoms with E-state index in [1.54, 1.807) is 12.1 Å². The Hall–Kier alpha value is -0.430. The molecule has 108 valence electrons. The van der Waals surface area contributed by atoms with Gasteiger partial charge in [0.15, 0.2) is 0 Å². The van der Waals surface area contributed by atoms with E-state index in [1.807, 2.05) is 19.9 Å². The lowest BCUT2D eigenvalue weighted by Crippen LogP contribution is -2.32. The van der Waals surface area contributed by atoms with E-state index >= 15 is 0 Å². The summed E-state index contributed by atoms with van der Waals surface area (Å²) in [5, 5.41) is 0. The number of nitrogens with zero attached hydrogens (tertiary/aromatic N) is 1. The highest BCUT2D eigenvalue weighted by atomic mass is 79.9. The minimum atomic E-state index is -3.46. The minimum absolute atomic E-state index is 0.303. The first-order valence-corrected chi connectivity index (χ1v) is 8.69. The standard InChI is InChI=1S/C13H21BrN2O2S/c1-3-7-16(8-4-2)19(17,18)13-9-11(10-15)5-6-12(13)14/h5-6,9H,3-4,7-8,10,15H2,1-2H3. The summed E-state index contributed by atoms with van der Waals surface area (Å²) in [5.41, 5.74) is 6.40. The number of hydrogen-bond acceptors (Lipinski definition) is 3. The molecule has 6 heteroatoms. The molecule has 2 N–H and O–H groups in total. The van der Waals surface area contributed by atoms with Gasteiger partial charge < -0.3 is 5.73 Å². The first kappa shape index (κ1) is 16.6. The molecular formula is C13H21BrN2O2S. The van der Waals surface area contributed by atoms with Crippen LogP contribution in [0.25, 0.3) is 0 Å². The SMILES string of the molecule is CCCN(CCC)S(=O)(=O)c1cc(CN)ccc1Br. The van der Waals surface area contributed by atoms with Crippen LogP contribution in [0.15, 0.2) is 27.6 Å². The van der Waals surface area contributed by atoms with Crippen molar-refractivity contribution in [1.82, 2.24) is 4.31 Å². The fourth-order valence-corrected chi connectivity index (χ4v) is 4.46. The highest BCUT2D eigenvalue weighted by Gasteiger charge is 2.25. The van der Waals surface area contributed by atoms with E-state index in [2.05, 4.69) is 15.9 Å². The molecule has 0 saturated heterocycles. The van der Waals surface area contributed by atoms with E-state index in [9.17, 15) is 8.42 Å². The molecule has 1 aromatic rings. The van der Waals surface area contributed by atoms with Crippen LogP contribution in [0.1, 0.15) is 32.3 Å². The zero-order valence-electron chi connectivity index (χ0n) is 11.4. The molecule has 0 saturated carbocycles. The molecule has 0 aliphatic rings. The summed E-state index contributed by atoms with van der Waals surface area (Å²) in [4.78, 5) is 0.303.